The molecule has 2 heteroatoms. The smallest absolute Gasteiger partial charge is 0.315 e. The lowest BCUT2D eigenvalue weighted by Gasteiger charge is -2.51. The number of ether oxygens (including phenoxy) is 1. The molecule has 0 aliphatic heterocycles. The van der Waals surface area contributed by atoms with Crippen molar-refractivity contribution in [3.05, 3.63) is 11.6 Å². The van der Waals surface area contributed by atoms with Crippen LogP contribution in [0.15, 0.2) is 11.6 Å². The topological polar surface area (TPSA) is 26.3 Å². The Hall–Kier alpha value is -0.790. The lowest BCUT2D eigenvalue weighted by atomic mass is 9.52. The molecule has 0 spiro atoms. The van der Waals surface area contributed by atoms with Crippen molar-refractivity contribution >= 4 is 5.97 Å². The van der Waals surface area contributed by atoms with Gasteiger partial charge in [-0.2, -0.15) is 0 Å². The zero-order valence-electron chi connectivity index (χ0n) is 11.5. The lowest BCUT2D eigenvalue weighted by Crippen LogP contribution is -2.49. The monoisotopic (exact) mass is 236 g/mol. The summed E-state index contributed by atoms with van der Waals surface area (Å²) in [5.41, 5.74) is 1.27. The number of hydrogen-bond donors (Lipinski definition) is 0. The number of rotatable bonds is 1. The molecule has 0 aromatic heterocycles. The molecule has 96 valence electrons. The van der Waals surface area contributed by atoms with Crippen LogP contribution < -0.4 is 0 Å². The number of carbonyl (C=O) groups excluding carboxylic acids is 1. The summed E-state index contributed by atoms with van der Waals surface area (Å²) >= 11 is 0. The van der Waals surface area contributed by atoms with Crippen molar-refractivity contribution in [1.82, 2.24) is 0 Å². The third-order valence-electron chi connectivity index (χ3n) is 4.87. The summed E-state index contributed by atoms with van der Waals surface area (Å²) in [6, 6.07) is 0. The van der Waals surface area contributed by atoms with Crippen LogP contribution >= 0.6 is 0 Å². The van der Waals surface area contributed by atoms with E-state index < -0.39 is 0 Å². The molecule has 0 aromatic carbocycles. The van der Waals surface area contributed by atoms with Gasteiger partial charge in [0.1, 0.15) is 0 Å². The molecule has 1 fully saturated rings. The first-order valence-corrected chi connectivity index (χ1v) is 6.69. The Morgan fingerprint density at radius 2 is 2.12 bits per heavy atom. The maximum Gasteiger partial charge on any atom is 0.315 e. The molecular formula is C15H24O2. The van der Waals surface area contributed by atoms with Crippen LogP contribution in [0.3, 0.4) is 0 Å². The molecule has 0 radical (unpaired) electrons. The van der Waals surface area contributed by atoms with Gasteiger partial charge in [-0.3, -0.25) is 4.79 Å². The molecule has 0 aromatic rings. The van der Waals surface area contributed by atoms with E-state index in [4.69, 9.17) is 4.74 Å². The van der Waals surface area contributed by atoms with Gasteiger partial charge in [0.2, 0.25) is 0 Å². The Balaban J connectivity index is 2.46. The van der Waals surface area contributed by atoms with Gasteiger partial charge in [0.05, 0.1) is 12.5 Å². The Morgan fingerprint density at radius 3 is 2.76 bits per heavy atom. The molecule has 0 heterocycles. The van der Waals surface area contributed by atoms with Crippen LogP contribution in [0.2, 0.25) is 0 Å². The number of methoxy groups -OCH3 is 1. The largest absolute Gasteiger partial charge is 0.468 e. The van der Waals surface area contributed by atoms with E-state index in [0.717, 1.165) is 25.7 Å². The van der Waals surface area contributed by atoms with Gasteiger partial charge in [-0.25, -0.2) is 0 Å². The van der Waals surface area contributed by atoms with E-state index in [-0.39, 0.29) is 16.8 Å². The first-order chi connectivity index (χ1) is 7.92. The van der Waals surface area contributed by atoms with Crippen LogP contribution in [0.1, 0.15) is 52.9 Å². The summed E-state index contributed by atoms with van der Waals surface area (Å²) < 4.78 is 5.11. The van der Waals surface area contributed by atoms with Gasteiger partial charge in [-0.15, -0.1) is 0 Å². The molecule has 2 atom stereocenters. The SMILES string of the molecule is COC(=O)[C@]12C=C(C)CC[C@H]1C(C)(C)CCC2. The van der Waals surface area contributed by atoms with Crippen LogP contribution in [0.4, 0.5) is 0 Å². The minimum Gasteiger partial charge on any atom is -0.468 e. The van der Waals surface area contributed by atoms with E-state index in [2.05, 4.69) is 26.8 Å². The second-order valence-corrected chi connectivity index (χ2v) is 6.46. The highest BCUT2D eigenvalue weighted by molar-refractivity contribution is 5.80. The van der Waals surface area contributed by atoms with Crippen LogP contribution in [0.25, 0.3) is 0 Å². The summed E-state index contributed by atoms with van der Waals surface area (Å²) in [7, 11) is 1.52. The fourth-order valence-electron chi connectivity index (χ4n) is 4.08. The minimum atomic E-state index is -0.334. The van der Waals surface area contributed by atoms with Crippen molar-refractivity contribution in [2.75, 3.05) is 7.11 Å². The second-order valence-electron chi connectivity index (χ2n) is 6.46. The minimum absolute atomic E-state index is 0.0191. The molecule has 1 saturated carbocycles. The maximum absolute atomic E-state index is 12.3. The number of hydrogen-bond acceptors (Lipinski definition) is 2. The van der Waals surface area contributed by atoms with E-state index >= 15 is 0 Å². The first kappa shape index (κ1) is 12.7. The maximum atomic E-state index is 12.3. The molecule has 2 aliphatic rings. The molecule has 0 N–H and O–H groups in total. The standard InChI is InChI=1S/C15H24O2/c1-11-6-7-12-14(2,3)8-5-9-15(12,10-11)13(16)17-4/h10,12H,5-9H2,1-4H3/t12-,15+/m0/s1. The van der Waals surface area contributed by atoms with Crippen LogP contribution in [-0.2, 0) is 9.53 Å². The Labute approximate surface area is 104 Å². The van der Waals surface area contributed by atoms with Gasteiger partial charge in [-0.1, -0.05) is 31.9 Å². The normalized spacial score (nSPS) is 35.8. The van der Waals surface area contributed by atoms with Crippen LogP contribution in [0.5, 0.6) is 0 Å². The quantitative estimate of drug-likeness (QED) is 0.512. The average molecular weight is 236 g/mol. The Morgan fingerprint density at radius 1 is 1.41 bits per heavy atom. The van der Waals surface area contributed by atoms with E-state index in [1.165, 1.54) is 19.1 Å². The summed E-state index contributed by atoms with van der Waals surface area (Å²) in [6.45, 7) is 6.76. The number of carbonyl (C=O) groups is 1. The molecule has 17 heavy (non-hydrogen) atoms. The van der Waals surface area contributed by atoms with E-state index in [1.807, 2.05) is 0 Å². The molecular weight excluding hydrogens is 212 g/mol. The summed E-state index contributed by atoms with van der Waals surface area (Å²) in [5.74, 6) is 0.425. The summed E-state index contributed by atoms with van der Waals surface area (Å²) in [6.07, 6.45) is 7.79. The Kier molecular flexibility index (Phi) is 3.09. The van der Waals surface area contributed by atoms with E-state index in [9.17, 15) is 4.79 Å². The highest BCUT2D eigenvalue weighted by Crippen LogP contribution is 2.57. The van der Waals surface area contributed by atoms with Crippen LogP contribution in [-0.4, -0.2) is 13.1 Å². The van der Waals surface area contributed by atoms with Gasteiger partial charge in [0.15, 0.2) is 0 Å². The summed E-state index contributed by atoms with van der Waals surface area (Å²) in [5, 5.41) is 0. The van der Waals surface area contributed by atoms with Crippen molar-refractivity contribution in [1.29, 1.82) is 0 Å². The van der Waals surface area contributed by atoms with Crippen LogP contribution in [0, 0.1) is 16.7 Å². The molecule has 2 nitrogen and oxygen atoms in total. The van der Waals surface area contributed by atoms with E-state index in [1.54, 1.807) is 0 Å². The van der Waals surface area contributed by atoms with Crippen molar-refractivity contribution in [2.24, 2.45) is 16.7 Å². The molecule has 0 amide bonds. The predicted octanol–water partition coefficient (Wildman–Crippen LogP) is 3.71. The van der Waals surface area contributed by atoms with Gasteiger partial charge >= 0.3 is 5.97 Å². The lowest BCUT2D eigenvalue weighted by molar-refractivity contribution is -0.160. The van der Waals surface area contributed by atoms with Gasteiger partial charge < -0.3 is 4.74 Å². The third kappa shape index (κ3) is 1.92. The molecule has 2 aliphatic carbocycles. The second kappa shape index (κ2) is 4.15. The van der Waals surface area contributed by atoms with E-state index in [0.29, 0.717) is 5.92 Å². The van der Waals surface area contributed by atoms with Crippen molar-refractivity contribution < 1.29 is 9.53 Å². The zero-order chi connectivity index (χ0) is 12.7. The number of esters is 1. The van der Waals surface area contributed by atoms with Crippen molar-refractivity contribution in [2.45, 2.75) is 52.9 Å². The molecule has 0 bridgehead atoms. The number of fused-ring (bicyclic) bond motifs is 1. The number of allylic oxidation sites excluding steroid dienone is 1. The molecule has 0 unspecified atom stereocenters. The van der Waals surface area contributed by atoms with Gasteiger partial charge in [-0.05, 0) is 43.9 Å². The first-order valence-electron chi connectivity index (χ1n) is 6.69. The Bertz CT molecular complexity index is 354. The highest BCUT2D eigenvalue weighted by atomic mass is 16.5. The third-order valence-corrected chi connectivity index (χ3v) is 4.87. The fourth-order valence-corrected chi connectivity index (χ4v) is 4.08. The summed E-state index contributed by atoms with van der Waals surface area (Å²) in [4.78, 5) is 12.3. The molecule has 2 rings (SSSR count). The van der Waals surface area contributed by atoms with Gasteiger partial charge in [0, 0.05) is 0 Å². The van der Waals surface area contributed by atoms with Crippen molar-refractivity contribution in [3.63, 3.8) is 0 Å². The average Bonchev–Trinajstić information content (AvgIpc) is 2.26. The zero-order valence-corrected chi connectivity index (χ0v) is 11.5. The molecule has 0 saturated heterocycles. The van der Waals surface area contributed by atoms with Crippen molar-refractivity contribution in [3.8, 4) is 0 Å². The predicted molar refractivity (Wildman–Crippen MR) is 68.6 cm³/mol. The fraction of sp³-hybridized carbons (Fsp3) is 0.800. The highest BCUT2D eigenvalue weighted by Gasteiger charge is 2.54. The van der Waals surface area contributed by atoms with Gasteiger partial charge in [0.25, 0.3) is 0 Å².